The summed E-state index contributed by atoms with van der Waals surface area (Å²) in [6, 6.07) is 22.4. The average Bonchev–Trinajstić information content (AvgIpc) is 3.12. The van der Waals surface area contributed by atoms with Gasteiger partial charge in [-0.3, -0.25) is 0 Å². The van der Waals surface area contributed by atoms with E-state index in [0.717, 1.165) is 52.6 Å². The Hall–Kier alpha value is -3.04. The highest BCUT2D eigenvalue weighted by molar-refractivity contribution is 6.30. The minimum Gasteiger partial charge on any atom is -0.493 e. The van der Waals surface area contributed by atoms with Crippen LogP contribution in [0.15, 0.2) is 66.7 Å². The number of hydrogen-bond acceptors (Lipinski definition) is 2. The van der Waals surface area contributed by atoms with E-state index in [1.165, 1.54) is 11.1 Å². The third kappa shape index (κ3) is 5.18. The summed E-state index contributed by atoms with van der Waals surface area (Å²) in [4.78, 5) is 4.83. The second kappa shape index (κ2) is 9.84. The van der Waals surface area contributed by atoms with Crippen molar-refractivity contribution in [2.24, 2.45) is 0 Å². The lowest BCUT2D eigenvalue weighted by Crippen LogP contribution is -2.05. The van der Waals surface area contributed by atoms with E-state index in [-0.39, 0.29) is 0 Å². The number of aromatic nitrogens is 2. The molecule has 3 nitrogen and oxygen atoms in total. The van der Waals surface area contributed by atoms with Crippen molar-refractivity contribution in [3.8, 4) is 5.75 Å². The molecular weight excluding hydrogens is 404 g/mol. The monoisotopic (exact) mass is 430 g/mol. The van der Waals surface area contributed by atoms with Crippen LogP contribution in [0.4, 0.5) is 0 Å². The fourth-order valence-corrected chi connectivity index (χ4v) is 3.90. The van der Waals surface area contributed by atoms with Crippen molar-refractivity contribution < 1.29 is 4.74 Å². The molecule has 0 fully saturated rings. The minimum absolute atomic E-state index is 0.717. The molecule has 0 atom stereocenters. The highest BCUT2D eigenvalue weighted by Crippen LogP contribution is 2.23. The quantitative estimate of drug-likeness (QED) is 0.273. The van der Waals surface area contributed by atoms with Crippen LogP contribution in [0.2, 0.25) is 5.02 Å². The van der Waals surface area contributed by atoms with Crippen molar-refractivity contribution in [3.63, 3.8) is 0 Å². The number of para-hydroxylation sites is 3. The smallest absolute Gasteiger partial charge is 0.133 e. The first-order valence-electron chi connectivity index (χ1n) is 10.7. The summed E-state index contributed by atoms with van der Waals surface area (Å²) in [5.41, 5.74) is 5.66. The summed E-state index contributed by atoms with van der Waals surface area (Å²) >= 11 is 6.00. The van der Waals surface area contributed by atoms with Crippen molar-refractivity contribution in [2.75, 3.05) is 6.61 Å². The molecule has 0 unspecified atom stereocenters. The Kier molecular flexibility index (Phi) is 6.73. The van der Waals surface area contributed by atoms with Crippen molar-refractivity contribution >= 4 is 34.8 Å². The standard InChI is InChI=1S/C27H27ClN2O/c1-20-8-7-9-21(2)27(20)31-19-6-5-18-30-25-11-4-3-10-24(25)29-26(30)17-14-22-12-15-23(28)16-13-22/h3-4,7-17H,5-6,18-19H2,1-2H3/b17-14+. The van der Waals surface area contributed by atoms with Gasteiger partial charge in [0.25, 0.3) is 0 Å². The number of nitrogens with zero attached hydrogens (tertiary/aromatic N) is 2. The summed E-state index contributed by atoms with van der Waals surface area (Å²) in [7, 11) is 0. The zero-order valence-corrected chi connectivity index (χ0v) is 18.8. The Morgan fingerprint density at radius 3 is 2.39 bits per heavy atom. The third-order valence-corrected chi connectivity index (χ3v) is 5.66. The summed E-state index contributed by atoms with van der Waals surface area (Å²) in [6.07, 6.45) is 6.17. The Labute approximate surface area is 189 Å². The fourth-order valence-electron chi connectivity index (χ4n) is 3.77. The highest BCUT2D eigenvalue weighted by Gasteiger charge is 2.08. The second-order valence-corrected chi connectivity index (χ2v) is 8.21. The van der Waals surface area contributed by atoms with Crippen LogP contribution in [0, 0.1) is 13.8 Å². The molecule has 4 rings (SSSR count). The molecule has 0 amide bonds. The van der Waals surface area contributed by atoms with Crippen molar-refractivity contribution in [1.82, 2.24) is 9.55 Å². The van der Waals surface area contributed by atoms with Crippen LogP contribution in [0.25, 0.3) is 23.2 Å². The summed E-state index contributed by atoms with van der Waals surface area (Å²) in [6.45, 7) is 5.81. The number of imidazole rings is 1. The Bertz CT molecular complexity index is 1170. The first-order valence-corrected chi connectivity index (χ1v) is 11.1. The first kappa shape index (κ1) is 21.2. The number of aryl methyl sites for hydroxylation is 3. The molecular formula is C27H27ClN2O. The van der Waals surface area contributed by atoms with Gasteiger partial charge in [0.15, 0.2) is 0 Å². The van der Waals surface area contributed by atoms with Crippen LogP contribution >= 0.6 is 11.6 Å². The Morgan fingerprint density at radius 1 is 0.871 bits per heavy atom. The van der Waals surface area contributed by atoms with E-state index in [1.807, 2.05) is 30.3 Å². The SMILES string of the molecule is Cc1cccc(C)c1OCCCCn1c(/C=C/c2ccc(Cl)cc2)nc2ccccc21. The lowest BCUT2D eigenvalue weighted by atomic mass is 10.1. The lowest BCUT2D eigenvalue weighted by molar-refractivity contribution is 0.299. The molecule has 0 spiro atoms. The van der Waals surface area contributed by atoms with Gasteiger partial charge in [-0.2, -0.15) is 0 Å². The van der Waals surface area contributed by atoms with Gasteiger partial charge >= 0.3 is 0 Å². The molecule has 0 saturated carbocycles. The molecule has 0 saturated heterocycles. The number of rotatable bonds is 8. The highest BCUT2D eigenvalue weighted by atomic mass is 35.5. The molecule has 4 heteroatoms. The van der Waals surface area contributed by atoms with E-state index >= 15 is 0 Å². The summed E-state index contributed by atoms with van der Waals surface area (Å²) in [5.74, 6) is 1.98. The molecule has 1 heterocycles. The molecule has 0 aliphatic heterocycles. The van der Waals surface area contributed by atoms with Crippen LogP contribution in [0.1, 0.15) is 35.4 Å². The van der Waals surface area contributed by atoms with Gasteiger partial charge in [-0.15, -0.1) is 0 Å². The van der Waals surface area contributed by atoms with Gasteiger partial charge in [-0.25, -0.2) is 4.98 Å². The van der Waals surface area contributed by atoms with Crippen molar-refractivity contribution in [3.05, 3.63) is 94.3 Å². The normalized spacial score (nSPS) is 11.5. The number of hydrogen-bond donors (Lipinski definition) is 0. The predicted molar refractivity (Wildman–Crippen MR) is 131 cm³/mol. The number of halogens is 1. The average molecular weight is 431 g/mol. The molecule has 3 aromatic carbocycles. The molecule has 1 aromatic heterocycles. The van der Waals surface area contributed by atoms with Gasteiger partial charge < -0.3 is 9.30 Å². The maximum absolute atomic E-state index is 6.07. The number of fused-ring (bicyclic) bond motifs is 1. The predicted octanol–water partition coefficient (Wildman–Crippen LogP) is 7.34. The van der Waals surface area contributed by atoms with Crippen LogP contribution in [0.3, 0.4) is 0 Å². The van der Waals surface area contributed by atoms with Gasteiger partial charge in [0.2, 0.25) is 0 Å². The molecule has 0 bridgehead atoms. The van der Waals surface area contributed by atoms with E-state index in [4.69, 9.17) is 21.3 Å². The number of unbranched alkanes of at least 4 members (excludes halogenated alkanes) is 1. The largest absolute Gasteiger partial charge is 0.493 e. The maximum atomic E-state index is 6.07. The Balaban J connectivity index is 1.44. The first-order chi connectivity index (χ1) is 15.1. The molecule has 0 aliphatic rings. The summed E-state index contributed by atoms with van der Waals surface area (Å²) in [5, 5.41) is 0.743. The summed E-state index contributed by atoms with van der Waals surface area (Å²) < 4.78 is 8.36. The van der Waals surface area contributed by atoms with E-state index in [0.29, 0.717) is 6.61 Å². The van der Waals surface area contributed by atoms with Gasteiger partial charge in [0, 0.05) is 11.6 Å². The van der Waals surface area contributed by atoms with Gasteiger partial charge in [-0.1, -0.05) is 60.1 Å². The van der Waals surface area contributed by atoms with Gasteiger partial charge in [0.1, 0.15) is 11.6 Å². The fraction of sp³-hybridized carbons (Fsp3) is 0.222. The molecule has 31 heavy (non-hydrogen) atoms. The van der Waals surface area contributed by atoms with Crippen LogP contribution in [0.5, 0.6) is 5.75 Å². The van der Waals surface area contributed by atoms with E-state index < -0.39 is 0 Å². The van der Waals surface area contributed by atoms with Gasteiger partial charge in [0.05, 0.1) is 17.6 Å². The molecule has 0 aliphatic carbocycles. The van der Waals surface area contributed by atoms with Crippen LogP contribution in [-0.2, 0) is 6.54 Å². The maximum Gasteiger partial charge on any atom is 0.133 e. The zero-order valence-electron chi connectivity index (χ0n) is 18.0. The van der Waals surface area contributed by atoms with Gasteiger partial charge in [-0.05, 0) is 73.7 Å². The van der Waals surface area contributed by atoms with Crippen LogP contribution in [-0.4, -0.2) is 16.2 Å². The topological polar surface area (TPSA) is 27.1 Å². The van der Waals surface area contributed by atoms with E-state index in [1.54, 1.807) is 0 Å². The van der Waals surface area contributed by atoms with Crippen LogP contribution < -0.4 is 4.74 Å². The number of benzene rings is 3. The third-order valence-electron chi connectivity index (χ3n) is 5.41. The lowest BCUT2D eigenvalue weighted by Gasteiger charge is -2.12. The van der Waals surface area contributed by atoms with E-state index in [2.05, 4.69) is 67.0 Å². The van der Waals surface area contributed by atoms with Crippen molar-refractivity contribution in [1.29, 1.82) is 0 Å². The van der Waals surface area contributed by atoms with Crippen molar-refractivity contribution in [2.45, 2.75) is 33.2 Å². The minimum atomic E-state index is 0.717. The molecule has 158 valence electrons. The number of ether oxygens (including phenoxy) is 1. The Morgan fingerprint density at radius 2 is 1.61 bits per heavy atom. The second-order valence-electron chi connectivity index (χ2n) is 7.77. The zero-order chi connectivity index (χ0) is 21.6. The molecule has 0 N–H and O–H groups in total. The molecule has 4 aromatic rings. The van der Waals surface area contributed by atoms with E-state index in [9.17, 15) is 0 Å². The molecule has 0 radical (unpaired) electrons.